The Morgan fingerprint density at radius 3 is 2.10 bits per heavy atom. The van der Waals surface area contributed by atoms with Crippen LogP contribution in [0.1, 0.15) is 112 Å². The zero-order valence-electron chi connectivity index (χ0n) is 31.4. The third-order valence-corrected chi connectivity index (χ3v) is 9.29. The van der Waals surface area contributed by atoms with Crippen LogP contribution in [0.3, 0.4) is 0 Å². The monoisotopic (exact) mass is 840 g/mol. The standard InChI is InChI=1S/C30H31N2O.C13H24O2.Ir/c1-18-26-23-13-12-19(17-29(2,3)4)14-25(23)33-28(26)27(32-31-18)21-15-20-10-8-9-11-22(20)24(16-21)30(5,6)7;1-5-10(6-2)12(14)9-13(15)11(7-3)8-4;/h8-14,16H,17H2,1-7H3;9-11,14H,5-8H2,1-4H3;/q-1;;/b;12-9-;. The van der Waals surface area contributed by atoms with Gasteiger partial charge < -0.3 is 9.52 Å². The Hall–Kier alpha value is -3.34. The molecule has 5 aromatic rings. The summed E-state index contributed by atoms with van der Waals surface area (Å²) in [6, 6.07) is 20.8. The van der Waals surface area contributed by atoms with Gasteiger partial charge in [0.25, 0.3) is 0 Å². The molecule has 265 valence electrons. The normalized spacial score (nSPS) is 12.5. The topological polar surface area (TPSA) is 76.2 Å². The van der Waals surface area contributed by atoms with Crippen molar-refractivity contribution < 1.29 is 34.4 Å². The molecule has 2 heterocycles. The van der Waals surface area contributed by atoms with Gasteiger partial charge >= 0.3 is 0 Å². The molecule has 5 rings (SSSR count). The second-order valence-corrected chi connectivity index (χ2v) is 15.4. The van der Waals surface area contributed by atoms with Gasteiger partial charge in [0, 0.05) is 48.8 Å². The Bertz CT molecular complexity index is 1920. The van der Waals surface area contributed by atoms with E-state index in [0.717, 1.165) is 76.4 Å². The fourth-order valence-electron chi connectivity index (χ4n) is 6.54. The molecule has 0 aliphatic heterocycles. The molecule has 1 radical (unpaired) electrons. The van der Waals surface area contributed by atoms with Gasteiger partial charge in [0.05, 0.1) is 17.1 Å². The number of carbonyl (C=O) groups excluding carboxylic acids is 1. The number of hydrogen-bond acceptors (Lipinski definition) is 5. The number of aliphatic hydroxyl groups excluding tert-OH is 1. The van der Waals surface area contributed by atoms with Crippen molar-refractivity contribution in [2.75, 3.05) is 0 Å². The number of hydrogen-bond donors (Lipinski definition) is 1. The van der Waals surface area contributed by atoms with Gasteiger partial charge in [0.1, 0.15) is 11.2 Å². The summed E-state index contributed by atoms with van der Waals surface area (Å²) in [7, 11) is 0. The van der Waals surface area contributed by atoms with Gasteiger partial charge in [0.2, 0.25) is 0 Å². The van der Waals surface area contributed by atoms with Crippen LogP contribution in [-0.2, 0) is 36.7 Å². The number of carbonyl (C=O) groups is 1. The first-order valence-electron chi connectivity index (χ1n) is 17.7. The van der Waals surface area contributed by atoms with Crippen LogP contribution in [0.4, 0.5) is 0 Å². The van der Waals surface area contributed by atoms with E-state index >= 15 is 0 Å². The maximum absolute atomic E-state index is 11.7. The van der Waals surface area contributed by atoms with E-state index in [-0.39, 0.29) is 54.3 Å². The number of nitrogens with zero attached hydrogens (tertiary/aromatic N) is 2. The quantitative estimate of drug-likeness (QED) is 0.0909. The first kappa shape index (κ1) is 40.1. The SMILES string of the molecule is CCC(CC)C(=O)/C=C(\O)C(CC)CC.Cc1nnc(-c2[c-]c3ccccc3c(C(C)(C)C)c2)c2oc3cc(CC(C)(C)C)ccc3c12.[Ir]. The van der Waals surface area contributed by atoms with E-state index in [2.05, 4.69) is 106 Å². The van der Waals surface area contributed by atoms with Gasteiger partial charge in [-0.1, -0.05) is 111 Å². The smallest absolute Gasteiger partial charge is 0.162 e. The van der Waals surface area contributed by atoms with Crippen LogP contribution >= 0.6 is 0 Å². The van der Waals surface area contributed by atoms with Crippen LogP contribution in [0.25, 0.3) is 44.0 Å². The number of aryl methyl sites for hydroxylation is 1. The Morgan fingerprint density at radius 1 is 0.878 bits per heavy atom. The van der Waals surface area contributed by atoms with E-state index in [9.17, 15) is 9.90 Å². The maximum atomic E-state index is 11.7. The van der Waals surface area contributed by atoms with Crippen molar-refractivity contribution in [2.45, 2.75) is 114 Å². The average Bonchev–Trinajstić information content (AvgIpc) is 3.40. The average molecular weight is 840 g/mol. The summed E-state index contributed by atoms with van der Waals surface area (Å²) in [6.07, 6.45) is 5.90. The van der Waals surface area contributed by atoms with Crippen molar-refractivity contribution in [1.29, 1.82) is 0 Å². The summed E-state index contributed by atoms with van der Waals surface area (Å²) >= 11 is 0. The molecule has 0 aliphatic rings. The molecule has 0 aliphatic carbocycles. The summed E-state index contributed by atoms with van der Waals surface area (Å²) in [5.41, 5.74) is 6.98. The minimum Gasteiger partial charge on any atom is -0.512 e. The van der Waals surface area contributed by atoms with Crippen molar-refractivity contribution in [3.63, 3.8) is 0 Å². The van der Waals surface area contributed by atoms with Crippen molar-refractivity contribution in [1.82, 2.24) is 10.2 Å². The van der Waals surface area contributed by atoms with Crippen molar-refractivity contribution in [2.24, 2.45) is 17.3 Å². The second kappa shape index (κ2) is 16.6. The van der Waals surface area contributed by atoms with Crippen LogP contribution in [0, 0.1) is 30.2 Å². The van der Waals surface area contributed by atoms with Crippen LogP contribution in [0.2, 0.25) is 0 Å². The predicted molar refractivity (Wildman–Crippen MR) is 202 cm³/mol. The van der Waals surface area contributed by atoms with Gasteiger partial charge in [-0.3, -0.25) is 4.79 Å². The largest absolute Gasteiger partial charge is 0.512 e. The van der Waals surface area contributed by atoms with Gasteiger partial charge in [-0.25, -0.2) is 0 Å². The molecule has 3 aromatic carbocycles. The van der Waals surface area contributed by atoms with E-state index in [1.54, 1.807) is 0 Å². The van der Waals surface area contributed by atoms with Gasteiger partial charge in [-0.2, -0.15) is 10.2 Å². The number of fused-ring (bicyclic) bond motifs is 4. The summed E-state index contributed by atoms with van der Waals surface area (Å²) in [5.74, 6) is 0.547. The minimum atomic E-state index is -0.0174. The first-order valence-corrected chi connectivity index (χ1v) is 17.7. The van der Waals surface area contributed by atoms with Gasteiger partial charge in [-0.05, 0) is 61.5 Å². The number of furan rings is 1. The molecular weight excluding hydrogens is 785 g/mol. The molecule has 0 saturated carbocycles. The first-order chi connectivity index (χ1) is 22.6. The minimum absolute atomic E-state index is 0. The number of benzene rings is 3. The third-order valence-electron chi connectivity index (χ3n) is 9.29. The summed E-state index contributed by atoms with van der Waals surface area (Å²) in [6.45, 7) is 23.6. The fraction of sp³-hybridized carbons (Fsp3) is 0.465. The molecule has 0 bridgehead atoms. The molecule has 0 amide bonds. The molecule has 5 nitrogen and oxygen atoms in total. The molecule has 0 fully saturated rings. The van der Waals surface area contributed by atoms with E-state index in [4.69, 9.17) is 4.42 Å². The Balaban J connectivity index is 0.000000347. The molecular formula is C43H55IrN2O3-. The molecule has 0 atom stereocenters. The van der Waals surface area contributed by atoms with E-state index in [1.165, 1.54) is 22.6 Å². The summed E-state index contributed by atoms with van der Waals surface area (Å²) in [5, 5.41) is 23.3. The maximum Gasteiger partial charge on any atom is 0.162 e. The van der Waals surface area contributed by atoms with Gasteiger partial charge in [-0.15, -0.1) is 29.1 Å². The van der Waals surface area contributed by atoms with Crippen molar-refractivity contribution in [3.05, 3.63) is 83.3 Å². The molecule has 0 unspecified atom stereocenters. The van der Waals surface area contributed by atoms with E-state index in [1.807, 2.05) is 34.6 Å². The summed E-state index contributed by atoms with van der Waals surface area (Å²) in [4.78, 5) is 11.7. The third kappa shape index (κ3) is 9.47. The molecule has 49 heavy (non-hydrogen) atoms. The molecule has 0 saturated heterocycles. The zero-order valence-corrected chi connectivity index (χ0v) is 33.8. The van der Waals surface area contributed by atoms with Crippen LogP contribution in [0.5, 0.6) is 0 Å². The predicted octanol–water partition coefficient (Wildman–Crippen LogP) is 12.1. The second-order valence-electron chi connectivity index (χ2n) is 15.4. The van der Waals surface area contributed by atoms with Crippen molar-refractivity contribution >= 4 is 38.5 Å². The van der Waals surface area contributed by atoms with E-state index in [0.29, 0.717) is 0 Å². The van der Waals surface area contributed by atoms with Crippen LogP contribution in [0.15, 0.2) is 64.8 Å². The van der Waals surface area contributed by atoms with Gasteiger partial charge in [0.15, 0.2) is 5.78 Å². The molecule has 1 N–H and O–H groups in total. The summed E-state index contributed by atoms with van der Waals surface area (Å²) < 4.78 is 6.49. The molecule has 2 aromatic heterocycles. The van der Waals surface area contributed by atoms with Crippen LogP contribution in [-0.4, -0.2) is 21.1 Å². The molecule has 6 heteroatoms. The number of aliphatic hydroxyl groups is 1. The number of ketones is 1. The number of allylic oxidation sites excluding steroid dienone is 2. The fourth-order valence-corrected chi connectivity index (χ4v) is 6.54. The Morgan fingerprint density at radius 2 is 1.51 bits per heavy atom. The molecule has 0 spiro atoms. The van der Waals surface area contributed by atoms with Crippen LogP contribution < -0.4 is 0 Å². The van der Waals surface area contributed by atoms with Crippen molar-refractivity contribution in [3.8, 4) is 11.3 Å². The zero-order chi connectivity index (χ0) is 35.4. The van der Waals surface area contributed by atoms with E-state index < -0.39 is 0 Å². The number of aromatic nitrogens is 2. The Labute approximate surface area is 307 Å². The number of rotatable bonds is 9. The Kier molecular flexibility index (Phi) is 13.6.